The van der Waals surface area contributed by atoms with Gasteiger partial charge in [-0.05, 0) is 78.5 Å². The maximum absolute atomic E-state index is 11.3. The molecule has 188 valence electrons. The highest BCUT2D eigenvalue weighted by Crippen LogP contribution is 2.46. The number of aliphatic hydroxyl groups excluding tert-OH is 1. The topological polar surface area (TPSA) is 41.9 Å². The summed E-state index contributed by atoms with van der Waals surface area (Å²) in [7, 11) is 1.05. The first-order chi connectivity index (χ1) is 16.4. The zero-order chi connectivity index (χ0) is 25.8. The molecule has 0 aliphatic heterocycles. The van der Waals surface area contributed by atoms with Crippen LogP contribution in [0.1, 0.15) is 60.1 Å². The minimum absolute atomic E-state index is 0.140. The van der Waals surface area contributed by atoms with Gasteiger partial charge in [-0.25, -0.2) is 0 Å². The molecule has 0 bridgehead atoms. The van der Waals surface area contributed by atoms with E-state index in [1.807, 2.05) is 69.3 Å². The van der Waals surface area contributed by atoms with Gasteiger partial charge in [-0.3, -0.25) is 4.67 Å². The van der Waals surface area contributed by atoms with E-state index >= 15 is 0 Å². The summed E-state index contributed by atoms with van der Waals surface area (Å²) in [4.78, 5) is 0. The van der Waals surface area contributed by atoms with E-state index in [-0.39, 0.29) is 11.6 Å². The van der Waals surface area contributed by atoms with Gasteiger partial charge in [-0.1, -0.05) is 66.7 Å². The van der Waals surface area contributed by atoms with Crippen LogP contribution < -0.4 is 20.1 Å². The Balaban J connectivity index is 2.15. The molecule has 0 saturated heterocycles. The van der Waals surface area contributed by atoms with Crippen molar-refractivity contribution in [1.29, 1.82) is 0 Å². The van der Waals surface area contributed by atoms with Crippen molar-refractivity contribution >= 4 is 18.7 Å². The van der Waals surface area contributed by atoms with Gasteiger partial charge in [0, 0.05) is 19.4 Å². The van der Waals surface area contributed by atoms with E-state index in [9.17, 15) is 5.11 Å². The van der Waals surface area contributed by atoms with Gasteiger partial charge in [0.2, 0.25) is 0 Å². The second-order valence-corrected chi connectivity index (χ2v) is 13.1. The Morgan fingerprint density at radius 2 is 1.29 bits per heavy atom. The fourth-order valence-electron chi connectivity index (χ4n) is 3.87. The Kier molecular flexibility index (Phi) is 8.64. The zero-order valence-corrected chi connectivity index (χ0v) is 23.2. The van der Waals surface area contributed by atoms with E-state index < -0.39 is 19.8 Å². The van der Waals surface area contributed by atoms with Crippen LogP contribution in [-0.4, -0.2) is 34.1 Å². The number of benzene rings is 3. The molecule has 0 aromatic heterocycles. The fraction of sp³-hybridized carbons (Fsp3) is 0.400. The standard InChI is InChI=1S/C30H40NO3P/c1-22(27(32)23-16-11-9-12-17-23)31(8)35(24-18-13-10-14-19-24)26-21-15-20-25(33-29(2,3)4)28(26)34-30(5,6)7/h9-22,27,32H,1-8H3/t22-,27-,35?/m1/s1. The highest BCUT2D eigenvalue weighted by atomic mass is 31.1. The molecule has 3 aromatic rings. The average molecular weight is 494 g/mol. The summed E-state index contributed by atoms with van der Waals surface area (Å²) in [5.74, 6) is 1.50. The Morgan fingerprint density at radius 3 is 1.83 bits per heavy atom. The molecule has 0 spiro atoms. The normalized spacial score (nSPS) is 14.9. The van der Waals surface area contributed by atoms with Crippen LogP contribution in [0.5, 0.6) is 11.5 Å². The molecule has 4 nitrogen and oxygen atoms in total. The van der Waals surface area contributed by atoms with E-state index in [0.29, 0.717) is 0 Å². The van der Waals surface area contributed by atoms with Gasteiger partial charge in [-0.15, -0.1) is 0 Å². The van der Waals surface area contributed by atoms with Crippen LogP contribution in [0.4, 0.5) is 0 Å². The summed E-state index contributed by atoms with van der Waals surface area (Å²) in [6.07, 6.45) is -0.629. The van der Waals surface area contributed by atoms with Crippen molar-refractivity contribution in [2.75, 3.05) is 7.05 Å². The van der Waals surface area contributed by atoms with Crippen molar-refractivity contribution in [2.24, 2.45) is 0 Å². The highest BCUT2D eigenvalue weighted by Gasteiger charge is 2.33. The molecule has 1 N–H and O–H groups in total. The van der Waals surface area contributed by atoms with Gasteiger partial charge < -0.3 is 14.6 Å². The van der Waals surface area contributed by atoms with Crippen molar-refractivity contribution < 1.29 is 14.6 Å². The Hall–Kier alpha value is -2.39. The molecule has 35 heavy (non-hydrogen) atoms. The molecular formula is C30H40NO3P. The second-order valence-electron chi connectivity index (χ2n) is 10.9. The van der Waals surface area contributed by atoms with Crippen LogP contribution in [0.25, 0.3) is 0 Å². The van der Waals surface area contributed by atoms with Crippen molar-refractivity contribution in [1.82, 2.24) is 4.67 Å². The zero-order valence-electron chi connectivity index (χ0n) is 22.3. The van der Waals surface area contributed by atoms with Crippen molar-refractivity contribution in [3.8, 4) is 11.5 Å². The lowest BCUT2D eigenvalue weighted by molar-refractivity contribution is 0.0966. The summed E-state index contributed by atoms with van der Waals surface area (Å²) in [5, 5.41) is 13.5. The minimum atomic E-state index is -1.04. The third kappa shape index (κ3) is 7.30. The molecule has 0 fully saturated rings. The molecule has 0 saturated carbocycles. The Morgan fingerprint density at radius 1 is 0.743 bits per heavy atom. The predicted molar refractivity (Wildman–Crippen MR) is 148 cm³/mol. The molecule has 0 amide bonds. The molecule has 0 radical (unpaired) electrons. The first-order valence-electron chi connectivity index (χ1n) is 12.2. The molecule has 3 atom stereocenters. The Bertz CT molecular complexity index is 1070. The minimum Gasteiger partial charge on any atom is -0.484 e. The van der Waals surface area contributed by atoms with Crippen molar-refractivity contribution in [2.45, 2.75) is 71.8 Å². The molecule has 0 heterocycles. The van der Waals surface area contributed by atoms with Crippen LogP contribution >= 0.6 is 8.07 Å². The first-order valence-corrected chi connectivity index (χ1v) is 13.5. The lowest BCUT2D eigenvalue weighted by atomic mass is 10.0. The lowest BCUT2D eigenvalue weighted by Gasteiger charge is -2.38. The third-order valence-corrected chi connectivity index (χ3v) is 8.11. The van der Waals surface area contributed by atoms with Crippen molar-refractivity contribution in [3.63, 3.8) is 0 Å². The second kappa shape index (κ2) is 11.1. The van der Waals surface area contributed by atoms with Gasteiger partial charge in [0.15, 0.2) is 11.5 Å². The summed E-state index contributed by atoms with van der Waals surface area (Å²) >= 11 is 0. The summed E-state index contributed by atoms with van der Waals surface area (Å²) in [6, 6.07) is 26.3. The fourth-order valence-corrected chi connectivity index (χ4v) is 6.37. The lowest BCUT2D eigenvalue weighted by Crippen LogP contribution is -2.37. The van der Waals surface area contributed by atoms with Crippen LogP contribution in [0.15, 0.2) is 78.9 Å². The SMILES string of the molecule is C[C@H]([C@@H](O)c1ccccc1)N(C)P(c1ccccc1)c1cccc(OC(C)(C)C)c1OC(C)(C)C. The summed E-state index contributed by atoms with van der Waals surface area (Å²) in [5.41, 5.74) is 0.135. The van der Waals surface area contributed by atoms with Crippen LogP contribution in [-0.2, 0) is 0 Å². The monoisotopic (exact) mass is 493 g/mol. The van der Waals surface area contributed by atoms with Gasteiger partial charge in [-0.2, -0.15) is 0 Å². The third-order valence-electron chi connectivity index (χ3n) is 5.51. The van der Waals surface area contributed by atoms with E-state index in [0.717, 1.165) is 22.4 Å². The number of rotatable bonds is 8. The highest BCUT2D eigenvalue weighted by molar-refractivity contribution is 7.71. The molecular weight excluding hydrogens is 453 g/mol. The number of ether oxygens (including phenoxy) is 2. The summed E-state index contributed by atoms with van der Waals surface area (Å²) < 4.78 is 15.3. The number of para-hydroxylation sites is 1. The quantitative estimate of drug-likeness (QED) is 0.367. The number of aliphatic hydroxyl groups is 1. The predicted octanol–water partition coefficient (Wildman–Crippen LogP) is 6.44. The van der Waals surface area contributed by atoms with Crippen molar-refractivity contribution in [3.05, 3.63) is 84.4 Å². The van der Waals surface area contributed by atoms with Gasteiger partial charge in [0.1, 0.15) is 11.2 Å². The molecule has 0 aliphatic rings. The van der Waals surface area contributed by atoms with E-state index in [2.05, 4.69) is 69.7 Å². The molecule has 3 rings (SSSR count). The van der Waals surface area contributed by atoms with E-state index in [1.165, 1.54) is 5.30 Å². The van der Waals surface area contributed by atoms with Crippen LogP contribution in [0, 0.1) is 0 Å². The number of hydrogen-bond acceptors (Lipinski definition) is 4. The van der Waals surface area contributed by atoms with Gasteiger partial charge in [0.05, 0.1) is 6.10 Å². The van der Waals surface area contributed by atoms with E-state index in [4.69, 9.17) is 9.47 Å². The van der Waals surface area contributed by atoms with Gasteiger partial charge >= 0.3 is 0 Å². The number of nitrogens with zero attached hydrogens (tertiary/aromatic N) is 1. The Labute approximate surface area is 212 Å². The largest absolute Gasteiger partial charge is 0.484 e. The molecule has 5 heteroatoms. The van der Waals surface area contributed by atoms with E-state index in [1.54, 1.807) is 0 Å². The van der Waals surface area contributed by atoms with Crippen LogP contribution in [0.3, 0.4) is 0 Å². The molecule has 1 unspecified atom stereocenters. The first kappa shape index (κ1) is 27.2. The van der Waals surface area contributed by atoms with Crippen LogP contribution in [0.2, 0.25) is 0 Å². The van der Waals surface area contributed by atoms with Gasteiger partial charge in [0.25, 0.3) is 0 Å². The molecule has 3 aromatic carbocycles. The number of hydrogen-bond donors (Lipinski definition) is 1. The number of likely N-dealkylation sites (N-methyl/N-ethyl adjacent to an activating group) is 1. The smallest absolute Gasteiger partial charge is 0.171 e. The maximum Gasteiger partial charge on any atom is 0.171 e. The maximum atomic E-state index is 11.3. The summed E-state index contributed by atoms with van der Waals surface area (Å²) in [6.45, 7) is 14.4. The average Bonchev–Trinajstić information content (AvgIpc) is 2.79. The molecule has 0 aliphatic carbocycles.